The van der Waals surface area contributed by atoms with E-state index in [9.17, 15) is 4.79 Å². The van der Waals surface area contributed by atoms with Gasteiger partial charge in [-0.05, 0) is 30.5 Å². The first-order chi connectivity index (χ1) is 8.22. The molecule has 0 aliphatic carbocycles. The lowest BCUT2D eigenvalue weighted by molar-refractivity contribution is -0.118. The Kier molecular flexibility index (Phi) is 5.70. The van der Waals surface area contributed by atoms with Crippen LogP contribution in [0.2, 0.25) is 0 Å². The van der Waals surface area contributed by atoms with E-state index in [0.717, 1.165) is 18.5 Å². The topological polar surface area (TPSA) is 46.3 Å². The second kappa shape index (κ2) is 7.07. The molecule has 0 radical (unpaired) electrons. The standard InChI is InChI=1S/C14H22N2O/c1-3-5-14(17)16(11-10-15)13-8-6-12(4-2)7-9-13/h6-9H,3-5,10-11,15H2,1-2H3. The highest BCUT2D eigenvalue weighted by molar-refractivity contribution is 5.93. The first-order valence-corrected chi connectivity index (χ1v) is 6.32. The molecule has 0 aromatic heterocycles. The van der Waals surface area contributed by atoms with Crippen molar-refractivity contribution in [3.8, 4) is 0 Å². The Labute approximate surface area is 104 Å². The summed E-state index contributed by atoms with van der Waals surface area (Å²) in [5, 5.41) is 0. The molecule has 0 fully saturated rings. The van der Waals surface area contributed by atoms with Gasteiger partial charge in [-0.25, -0.2) is 0 Å². The van der Waals surface area contributed by atoms with Crippen molar-refractivity contribution in [1.82, 2.24) is 0 Å². The largest absolute Gasteiger partial charge is 0.329 e. The van der Waals surface area contributed by atoms with Crippen LogP contribution in [0.25, 0.3) is 0 Å². The zero-order valence-electron chi connectivity index (χ0n) is 10.8. The average Bonchev–Trinajstić information content (AvgIpc) is 2.36. The van der Waals surface area contributed by atoms with Crippen LogP contribution in [0.4, 0.5) is 5.69 Å². The molecule has 0 spiro atoms. The van der Waals surface area contributed by atoms with Gasteiger partial charge in [0.15, 0.2) is 0 Å². The highest BCUT2D eigenvalue weighted by Crippen LogP contribution is 2.16. The van der Waals surface area contributed by atoms with E-state index >= 15 is 0 Å². The van der Waals surface area contributed by atoms with Crippen molar-refractivity contribution in [2.75, 3.05) is 18.0 Å². The summed E-state index contributed by atoms with van der Waals surface area (Å²) in [6.07, 6.45) is 2.46. The van der Waals surface area contributed by atoms with Crippen LogP contribution in [0.15, 0.2) is 24.3 Å². The number of hydrogen-bond donors (Lipinski definition) is 1. The lowest BCUT2D eigenvalue weighted by atomic mass is 10.1. The molecule has 94 valence electrons. The van der Waals surface area contributed by atoms with E-state index < -0.39 is 0 Å². The van der Waals surface area contributed by atoms with E-state index in [1.807, 2.05) is 19.1 Å². The Hall–Kier alpha value is -1.35. The number of amides is 1. The number of carbonyl (C=O) groups excluding carboxylic acids is 1. The molecular formula is C14H22N2O. The van der Waals surface area contributed by atoms with E-state index in [4.69, 9.17) is 5.73 Å². The number of benzene rings is 1. The zero-order valence-corrected chi connectivity index (χ0v) is 10.8. The van der Waals surface area contributed by atoms with Crippen molar-refractivity contribution >= 4 is 11.6 Å². The van der Waals surface area contributed by atoms with Gasteiger partial charge in [-0.3, -0.25) is 4.79 Å². The second-order valence-electron chi connectivity index (χ2n) is 4.10. The molecule has 0 aliphatic heterocycles. The lowest BCUT2D eigenvalue weighted by Gasteiger charge is -2.22. The molecule has 3 nitrogen and oxygen atoms in total. The molecule has 0 saturated carbocycles. The molecule has 0 unspecified atom stereocenters. The molecule has 0 aliphatic rings. The predicted molar refractivity (Wildman–Crippen MR) is 72.1 cm³/mol. The summed E-state index contributed by atoms with van der Waals surface area (Å²) in [6.45, 7) is 5.21. The Morgan fingerprint density at radius 3 is 2.35 bits per heavy atom. The van der Waals surface area contributed by atoms with Gasteiger partial charge in [-0.1, -0.05) is 26.0 Å². The summed E-state index contributed by atoms with van der Waals surface area (Å²) in [4.78, 5) is 13.7. The van der Waals surface area contributed by atoms with Crippen LogP contribution < -0.4 is 10.6 Å². The minimum absolute atomic E-state index is 0.155. The third-order valence-corrected chi connectivity index (χ3v) is 2.77. The van der Waals surface area contributed by atoms with Gasteiger partial charge in [-0.2, -0.15) is 0 Å². The summed E-state index contributed by atoms with van der Waals surface area (Å²) in [6, 6.07) is 8.14. The van der Waals surface area contributed by atoms with Gasteiger partial charge >= 0.3 is 0 Å². The van der Waals surface area contributed by atoms with Crippen molar-refractivity contribution in [2.45, 2.75) is 33.1 Å². The van der Waals surface area contributed by atoms with Crippen molar-refractivity contribution in [3.05, 3.63) is 29.8 Å². The molecule has 1 aromatic rings. The van der Waals surface area contributed by atoms with Gasteiger partial charge in [0.2, 0.25) is 5.91 Å². The third kappa shape index (κ3) is 3.86. The van der Waals surface area contributed by atoms with Gasteiger partial charge < -0.3 is 10.6 Å². The number of anilines is 1. The van der Waals surface area contributed by atoms with Crippen molar-refractivity contribution < 1.29 is 4.79 Å². The van der Waals surface area contributed by atoms with E-state index in [-0.39, 0.29) is 5.91 Å². The normalized spacial score (nSPS) is 10.3. The molecule has 1 aromatic carbocycles. The van der Waals surface area contributed by atoms with Crippen LogP contribution in [0.3, 0.4) is 0 Å². The first kappa shape index (κ1) is 13.7. The maximum atomic E-state index is 12.0. The maximum Gasteiger partial charge on any atom is 0.227 e. The Bertz CT molecular complexity index is 346. The molecule has 1 amide bonds. The first-order valence-electron chi connectivity index (χ1n) is 6.32. The molecule has 0 atom stereocenters. The molecule has 0 heterocycles. The molecule has 3 heteroatoms. The smallest absolute Gasteiger partial charge is 0.227 e. The highest BCUT2D eigenvalue weighted by Gasteiger charge is 2.13. The minimum atomic E-state index is 0.155. The predicted octanol–water partition coefficient (Wildman–Crippen LogP) is 2.34. The number of aryl methyl sites for hydroxylation is 1. The summed E-state index contributed by atoms with van der Waals surface area (Å²) >= 11 is 0. The number of hydrogen-bond acceptors (Lipinski definition) is 2. The fourth-order valence-electron chi connectivity index (χ4n) is 1.79. The summed E-state index contributed by atoms with van der Waals surface area (Å²) in [5.74, 6) is 0.155. The van der Waals surface area contributed by atoms with Crippen LogP contribution in [0, 0.1) is 0 Å². The van der Waals surface area contributed by atoms with Crippen LogP contribution in [0.5, 0.6) is 0 Å². The van der Waals surface area contributed by atoms with Crippen LogP contribution in [0.1, 0.15) is 32.3 Å². The number of nitrogens with zero attached hydrogens (tertiary/aromatic N) is 1. The van der Waals surface area contributed by atoms with Crippen LogP contribution in [-0.2, 0) is 11.2 Å². The molecule has 2 N–H and O–H groups in total. The summed E-state index contributed by atoms with van der Waals surface area (Å²) in [7, 11) is 0. The number of carbonyl (C=O) groups is 1. The molecule has 0 saturated heterocycles. The van der Waals surface area contributed by atoms with Gasteiger partial charge in [0.05, 0.1) is 0 Å². The highest BCUT2D eigenvalue weighted by atomic mass is 16.2. The fourth-order valence-corrected chi connectivity index (χ4v) is 1.79. The quantitative estimate of drug-likeness (QED) is 0.821. The fraction of sp³-hybridized carbons (Fsp3) is 0.500. The minimum Gasteiger partial charge on any atom is -0.329 e. The van der Waals surface area contributed by atoms with Crippen LogP contribution in [-0.4, -0.2) is 19.0 Å². The monoisotopic (exact) mass is 234 g/mol. The maximum absolute atomic E-state index is 12.0. The Morgan fingerprint density at radius 2 is 1.88 bits per heavy atom. The average molecular weight is 234 g/mol. The third-order valence-electron chi connectivity index (χ3n) is 2.77. The molecule has 1 rings (SSSR count). The van der Waals surface area contributed by atoms with Crippen molar-refractivity contribution in [1.29, 1.82) is 0 Å². The van der Waals surface area contributed by atoms with Gasteiger partial charge in [0, 0.05) is 25.2 Å². The van der Waals surface area contributed by atoms with Gasteiger partial charge in [0.1, 0.15) is 0 Å². The Balaban J connectivity index is 2.84. The summed E-state index contributed by atoms with van der Waals surface area (Å²) in [5.41, 5.74) is 7.79. The summed E-state index contributed by atoms with van der Waals surface area (Å²) < 4.78 is 0. The molecule has 17 heavy (non-hydrogen) atoms. The van der Waals surface area contributed by atoms with Crippen molar-refractivity contribution in [3.63, 3.8) is 0 Å². The molecule has 0 bridgehead atoms. The van der Waals surface area contributed by atoms with E-state index in [1.165, 1.54) is 5.56 Å². The lowest BCUT2D eigenvalue weighted by Crippen LogP contribution is -2.35. The van der Waals surface area contributed by atoms with Crippen LogP contribution >= 0.6 is 0 Å². The van der Waals surface area contributed by atoms with Gasteiger partial charge in [-0.15, -0.1) is 0 Å². The van der Waals surface area contributed by atoms with E-state index in [1.54, 1.807) is 4.90 Å². The van der Waals surface area contributed by atoms with E-state index in [2.05, 4.69) is 19.1 Å². The number of nitrogens with two attached hydrogens (primary N) is 1. The SMILES string of the molecule is CCCC(=O)N(CCN)c1ccc(CC)cc1. The number of rotatable bonds is 6. The van der Waals surface area contributed by atoms with Crippen molar-refractivity contribution in [2.24, 2.45) is 5.73 Å². The van der Waals surface area contributed by atoms with E-state index in [0.29, 0.717) is 19.5 Å². The second-order valence-corrected chi connectivity index (χ2v) is 4.10. The van der Waals surface area contributed by atoms with Gasteiger partial charge in [0.25, 0.3) is 0 Å². The zero-order chi connectivity index (χ0) is 12.7. The Morgan fingerprint density at radius 1 is 1.24 bits per heavy atom. The molecular weight excluding hydrogens is 212 g/mol.